The molecule has 1 heterocycles. The summed E-state index contributed by atoms with van der Waals surface area (Å²) in [5.74, 6) is 0. The molecule has 2 rings (SSSR count). The second-order valence-corrected chi connectivity index (χ2v) is 5.65. The Bertz CT molecular complexity index is 208. The summed E-state index contributed by atoms with van der Waals surface area (Å²) in [6, 6.07) is 1.73. The summed E-state index contributed by atoms with van der Waals surface area (Å²) in [4.78, 5) is 5.38. The van der Waals surface area contributed by atoms with Crippen LogP contribution in [0.2, 0.25) is 0 Å². The molecular weight excluding hydrogens is 210 g/mol. The number of piperazine rings is 1. The normalized spacial score (nSPS) is 25.1. The van der Waals surface area contributed by atoms with Gasteiger partial charge in [-0.15, -0.1) is 0 Å². The predicted molar refractivity (Wildman–Crippen MR) is 73.4 cm³/mol. The van der Waals surface area contributed by atoms with Crippen molar-refractivity contribution in [2.45, 2.75) is 51.6 Å². The van der Waals surface area contributed by atoms with Crippen molar-refractivity contribution in [3.63, 3.8) is 0 Å². The average molecular weight is 239 g/mol. The smallest absolute Gasteiger partial charge is 0.0113 e. The molecule has 1 N–H and O–H groups in total. The Labute approximate surface area is 107 Å². The van der Waals surface area contributed by atoms with Gasteiger partial charge in [-0.3, -0.25) is 9.80 Å². The monoisotopic (exact) mass is 239 g/mol. The molecule has 0 spiro atoms. The lowest BCUT2D eigenvalue weighted by Gasteiger charge is -2.38. The van der Waals surface area contributed by atoms with E-state index in [1.165, 1.54) is 58.4 Å². The van der Waals surface area contributed by atoms with Gasteiger partial charge >= 0.3 is 0 Å². The van der Waals surface area contributed by atoms with Crippen molar-refractivity contribution >= 4 is 0 Å². The van der Waals surface area contributed by atoms with Gasteiger partial charge in [-0.1, -0.05) is 6.92 Å². The van der Waals surface area contributed by atoms with Crippen LogP contribution < -0.4 is 5.32 Å². The third-order valence-electron chi connectivity index (χ3n) is 4.26. The van der Waals surface area contributed by atoms with Crippen molar-refractivity contribution in [2.24, 2.45) is 0 Å². The van der Waals surface area contributed by atoms with Gasteiger partial charge in [0.15, 0.2) is 0 Å². The summed E-state index contributed by atoms with van der Waals surface area (Å²) in [6.45, 7) is 12.1. The van der Waals surface area contributed by atoms with Gasteiger partial charge in [0.1, 0.15) is 0 Å². The number of hydrogen-bond acceptors (Lipinski definition) is 3. The fraction of sp³-hybridized carbons (Fsp3) is 1.00. The standard InChI is InChI=1S/C14H29N3/c1-3-15-8-4-5-13(2)16-9-11-17(12-10-16)14-6-7-14/h13-15H,3-12H2,1-2H3. The third kappa shape index (κ3) is 4.23. The van der Waals surface area contributed by atoms with Crippen LogP contribution in [0.4, 0.5) is 0 Å². The molecule has 0 aromatic carbocycles. The molecule has 1 saturated carbocycles. The van der Waals surface area contributed by atoms with E-state index in [1.807, 2.05) is 0 Å². The van der Waals surface area contributed by atoms with E-state index < -0.39 is 0 Å². The van der Waals surface area contributed by atoms with Gasteiger partial charge in [-0.05, 0) is 45.7 Å². The molecule has 0 aromatic heterocycles. The number of hydrogen-bond donors (Lipinski definition) is 1. The van der Waals surface area contributed by atoms with E-state index in [4.69, 9.17) is 0 Å². The SMILES string of the molecule is CCNCCCC(C)N1CCN(C2CC2)CC1. The highest BCUT2D eigenvalue weighted by Crippen LogP contribution is 2.27. The van der Waals surface area contributed by atoms with E-state index in [0.717, 1.165) is 18.6 Å². The molecule has 1 atom stereocenters. The summed E-state index contributed by atoms with van der Waals surface area (Å²) in [6.07, 6.45) is 5.57. The topological polar surface area (TPSA) is 18.5 Å². The molecule has 0 bridgehead atoms. The van der Waals surface area contributed by atoms with Crippen LogP contribution in [0.15, 0.2) is 0 Å². The molecule has 100 valence electrons. The molecule has 2 aliphatic rings. The van der Waals surface area contributed by atoms with Crippen LogP contribution in [-0.2, 0) is 0 Å². The van der Waals surface area contributed by atoms with Crippen LogP contribution in [0, 0.1) is 0 Å². The summed E-state index contributed by atoms with van der Waals surface area (Å²) in [5.41, 5.74) is 0. The first kappa shape index (κ1) is 13.3. The first-order chi connectivity index (χ1) is 8.31. The minimum absolute atomic E-state index is 0.773. The molecule has 1 aliphatic carbocycles. The molecular formula is C14H29N3. The first-order valence-corrected chi connectivity index (χ1v) is 7.50. The number of nitrogens with one attached hydrogen (secondary N) is 1. The molecule has 0 aromatic rings. The van der Waals surface area contributed by atoms with Gasteiger partial charge < -0.3 is 5.32 Å². The largest absolute Gasteiger partial charge is 0.317 e. The Hall–Kier alpha value is -0.120. The minimum Gasteiger partial charge on any atom is -0.317 e. The lowest BCUT2D eigenvalue weighted by atomic mass is 10.1. The van der Waals surface area contributed by atoms with E-state index in [0.29, 0.717) is 0 Å². The molecule has 0 radical (unpaired) electrons. The van der Waals surface area contributed by atoms with Crippen LogP contribution >= 0.6 is 0 Å². The van der Waals surface area contributed by atoms with Gasteiger partial charge in [0.05, 0.1) is 0 Å². The Morgan fingerprint density at radius 1 is 1.18 bits per heavy atom. The molecule has 1 saturated heterocycles. The van der Waals surface area contributed by atoms with Crippen LogP contribution in [0.5, 0.6) is 0 Å². The van der Waals surface area contributed by atoms with Crippen LogP contribution in [0.25, 0.3) is 0 Å². The van der Waals surface area contributed by atoms with Gasteiger partial charge in [0.2, 0.25) is 0 Å². The summed E-state index contributed by atoms with van der Waals surface area (Å²) in [7, 11) is 0. The van der Waals surface area contributed by atoms with E-state index in [9.17, 15) is 0 Å². The summed E-state index contributed by atoms with van der Waals surface area (Å²) in [5, 5.41) is 3.41. The molecule has 3 heteroatoms. The minimum atomic E-state index is 0.773. The van der Waals surface area contributed by atoms with E-state index in [1.54, 1.807) is 0 Å². The van der Waals surface area contributed by atoms with Crippen molar-refractivity contribution in [3.8, 4) is 0 Å². The lowest BCUT2D eigenvalue weighted by Crippen LogP contribution is -2.50. The van der Waals surface area contributed by atoms with Crippen LogP contribution in [0.1, 0.15) is 39.5 Å². The zero-order valence-corrected chi connectivity index (χ0v) is 11.6. The summed E-state index contributed by atoms with van der Waals surface area (Å²) < 4.78 is 0. The average Bonchev–Trinajstić information content (AvgIpc) is 3.19. The van der Waals surface area contributed by atoms with E-state index >= 15 is 0 Å². The van der Waals surface area contributed by atoms with Crippen LogP contribution in [0.3, 0.4) is 0 Å². The van der Waals surface area contributed by atoms with Gasteiger partial charge in [-0.2, -0.15) is 0 Å². The zero-order chi connectivity index (χ0) is 12.1. The zero-order valence-electron chi connectivity index (χ0n) is 11.6. The highest BCUT2D eigenvalue weighted by Gasteiger charge is 2.31. The second kappa shape index (κ2) is 6.72. The van der Waals surface area contributed by atoms with E-state index in [2.05, 4.69) is 29.0 Å². The maximum absolute atomic E-state index is 3.41. The fourth-order valence-corrected chi connectivity index (χ4v) is 2.86. The molecule has 17 heavy (non-hydrogen) atoms. The molecule has 0 amide bonds. The fourth-order valence-electron chi connectivity index (χ4n) is 2.86. The Morgan fingerprint density at radius 2 is 1.88 bits per heavy atom. The number of rotatable bonds is 7. The van der Waals surface area contributed by atoms with Crippen molar-refractivity contribution in [1.29, 1.82) is 0 Å². The van der Waals surface area contributed by atoms with Crippen molar-refractivity contribution in [1.82, 2.24) is 15.1 Å². The Balaban J connectivity index is 1.58. The maximum Gasteiger partial charge on any atom is 0.0113 e. The molecule has 1 aliphatic heterocycles. The second-order valence-electron chi connectivity index (χ2n) is 5.65. The molecule has 3 nitrogen and oxygen atoms in total. The molecule has 1 unspecified atom stereocenters. The van der Waals surface area contributed by atoms with Crippen LogP contribution in [-0.4, -0.2) is 61.2 Å². The Morgan fingerprint density at radius 3 is 2.47 bits per heavy atom. The maximum atomic E-state index is 3.41. The Kier molecular flexibility index (Phi) is 5.26. The first-order valence-electron chi connectivity index (χ1n) is 7.50. The van der Waals surface area contributed by atoms with Crippen molar-refractivity contribution in [2.75, 3.05) is 39.3 Å². The van der Waals surface area contributed by atoms with Gasteiger partial charge in [0, 0.05) is 38.3 Å². The molecule has 2 fully saturated rings. The van der Waals surface area contributed by atoms with E-state index in [-0.39, 0.29) is 0 Å². The number of nitrogens with zero attached hydrogens (tertiary/aromatic N) is 2. The highest BCUT2D eigenvalue weighted by molar-refractivity contribution is 4.88. The lowest BCUT2D eigenvalue weighted by molar-refractivity contribution is 0.0934. The van der Waals surface area contributed by atoms with Crippen molar-refractivity contribution in [3.05, 3.63) is 0 Å². The highest BCUT2D eigenvalue weighted by atomic mass is 15.3. The summed E-state index contributed by atoms with van der Waals surface area (Å²) >= 11 is 0. The quantitative estimate of drug-likeness (QED) is 0.680. The third-order valence-corrected chi connectivity index (χ3v) is 4.26. The van der Waals surface area contributed by atoms with Crippen molar-refractivity contribution < 1.29 is 0 Å². The van der Waals surface area contributed by atoms with Gasteiger partial charge in [-0.25, -0.2) is 0 Å². The van der Waals surface area contributed by atoms with Gasteiger partial charge in [0.25, 0.3) is 0 Å². The predicted octanol–water partition coefficient (Wildman–Crippen LogP) is 1.54.